The maximum Gasteiger partial charge on any atom is 0.220 e. The summed E-state index contributed by atoms with van der Waals surface area (Å²) in [5, 5.41) is 14.0. The third-order valence-corrected chi connectivity index (χ3v) is 4.70. The highest BCUT2D eigenvalue weighted by Crippen LogP contribution is 2.31. The lowest BCUT2D eigenvalue weighted by Gasteiger charge is -2.19. The average Bonchev–Trinajstić information content (AvgIpc) is 3.04. The topological polar surface area (TPSA) is 116 Å². The standard InChI is InChI=1S/C20H22N6O3/c1-26-8-7-21-16(27)6-3-9-29-14-5-2-4-13(10-14)22-11-15-17-18(25-20(15)28)23-12-24-19(17)26/h2,4-5,10-12,28H,3,6-9H2,1H3,(H,21,27)(H,23,24,25). The summed E-state index contributed by atoms with van der Waals surface area (Å²) in [7, 11) is 1.88. The van der Waals surface area contributed by atoms with Crippen molar-refractivity contribution in [2.75, 3.05) is 31.6 Å². The lowest BCUT2D eigenvalue weighted by molar-refractivity contribution is -0.121. The van der Waals surface area contributed by atoms with Crippen LogP contribution in [0.5, 0.6) is 11.6 Å². The summed E-state index contributed by atoms with van der Waals surface area (Å²) in [4.78, 5) is 29.9. The van der Waals surface area contributed by atoms with Crippen molar-refractivity contribution in [3.05, 3.63) is 36.2 Å². The molecule has 0 unspecified atom stereocenters. The van der Waals surface area contributed by atoms with Crippen LogP contribution in [0.1, 0.15) is 18.4 Å². The zero-order chi connectivity index (χ0) is 20.2. The van der Waals surface area contributed by atoms with Crippen molar-refractivity contribution in [3.63, 3.8) is 0 Å². The van der Waals surface area contributed by atoms with E-state index >= 15 is 0 Å². The number of carbonyl (C=O) groups excluding carboxylic acids is 1. The molecule has 0 saturated heterocycles. The van der Waals surface area contributed by atoms with Crippen LogP contribution in [-0.2, 0) is 4.79 Å². The number of aromatic amines is 1. The number of ether oxygens (including phenoxy) is 1. The molecule has 3 aromatic rings. The molecule has 1 aromatic carbocycles. The van der Waals surface area contributed by atoms with Crippen molar-refractivity contribution in [1.29, 1.82) is 0 Å². The van der Waals surface area contributed by atoms with Crippen LogP contribution in [0.4, 0.5) is 11.5 Å². The highest BCUT2D eigenvalue weighted by atomic mass is 16.5. The van der Waals surface area contributed by atoms with Crippen LogP contribution in [0.25, 0.3) is 11.0 Å². The molecule has 4 rings (SSSR count). The fourth-order valence-electron chi connectivity index (χ4n) is 3.20. The summed E-state index contributed by atoms with van der Waals surface area (Å²) in [6, 6.07) is 7.35. The molecule has 9 heteroatoms. The van der Waals surface area contributed by atoms with Crippen LogP contribution in [0, 0.1) is 0 Å². The van der Waals surface area contributed by atoms with Gasteiger partial charge in [0.05, 0.1) is 23.2 Å². The predicted molar refractivity (Wildman–Crippen MR) is 110 cm³/mol. The van der Waals surface area contributed by atoms with Crippen molar-refractivity contribution in [3.8, 4) is 11.6 Å². The molecule has 0 saturated carbocycles. The largest absolute Gasteiger partial charge is 0.494 e. The number of rotatable bonds is 0. The molecule has 1 amide bonds. The lowest BCUT2D eigenvalue weighted by atomic mass is 10.2. The minimum atomic E-state index is -0.0301. The summed E-state index contributed by atoms with van der Waals surface area (Å²) < 4.78 is 5.72. The summed E-state index contributed by atoms with van der Waals surface area (Å²) in [5.41, 5.74) is 1.70. The van der Waals surface area contributed by atoms with Crippen molar-refractivity contribution >= 4 is 34.7 Å². The van der Waals surface area contributed by atoms with Crippen LogP contribution < -0.4 is 15.0 Å². The molecular weight excluding hydrogens is 372 g/mol. The van der Waals surface area contributed by atoms with Gasteiger partial charge in [0.25, 0.3) is 0 Å². The molecule has 3 N–H and O–H groups in total. The van der Waals surface area contributed by atoms with Crippen LogP contribution in [0.3, 0.4) is 0 Å². The van der Waals surface area contributed by atoms with Gasteiger partial charge in [-0.3, -0.25) is 9.79 Å². The SMILES string of the molecule is CN1CCNC(=O)CCCOc2cccc(c2)N=Cc2c(O)[nH]c3ncnc1c23. The minimum absolute atomic E-state index is 0.0174. The molecule has 29 heavy (non-hydrogen) atoms. The van der Waals surface area contributed by atoms with E-state index in [1.165, 1.54) is 6.33 Å². The third-order valence-electron chi connectivity index (χ3n) is 4.70. The van der Waals surface area contributed by atoms with E-state index in [0.29, 0.717) is 66.4 Å². The van der Waals surface area contributed by atoms with Crippen molar-refractivity contribution < 1.29 is 14.6 Å². The molecule has 9 nitrogen and oxygen atoms in total. The monoisotopic (exact) mass is 394 g/mol. The van der Waals surface area contributed by atoms with E-state index in [-0.39, 0.29) is 11.8 Å². The van der Waals surface area contributed by atoms with Crippen molar-refractivity contribution in [2.45, 2.75) is 12.8 Å². The van der Waals surface area contributed by atoms with Crippen molar-refractivity contribution in [1.82, 2.24) is 20.3 Å². The molecule has 150 valence electrons. The van der Waals surface area contributed by atoms with Crippen molar-refractivity contribution in [2.24, 2.45) is 4.99 Å². The van der Waals surface area contributed by atoms with Crippen LogP contribution in [-0.4, -0.2) is 58.9 Å². The molecule has 0 spiro atoms. The van der Waals surface area contributed by atoms with Gasteiger partial charge in [-0.2, -0.15) is 0 Å². The molecule has 0 radical (unpaired) electrons. The van der Waals surface area contributed by atoms with Gasteiger partial charge in [0, 0.05) is 38.8 Å². The van der Waals surface area contributed by atoms with Gasteiger partial charge in [-0.1, -0.05) is 6.07 Å². The number of fused-ring (bicyclic) bond motifs is 2. The zero-order valence-corrected chi connectivity index (χ0v) is 16.1. The molecule has 0 fully saturated rings. The molecule has 3 heterocycles. The second kappa shape index (κ2) is 8.17. The fourth-order valence-corrected chi connectivity index (χ4v) is 3.20. The number of nitrogens with zero attached hydrogens (tertiary/aromatic N) is 4. The Morgan fingerprint density at radius 3 is 3.07 bits per heavy atom. The van der Waals surface area contributed by atoms with Gasteiger partial charge >= 0.3 is 0 Å². The first-order valence-electron chi connectivity index (χ1n) is 9.42. The summed E-state index contributed by atoms with van der Waals surface area (Å²) in [6.07, 6.45) is 4.05. The second-order valence-electron chi connectivity index (χ2n) is 6.79. The van der Waals surface area contributed by atoms with E-state index in [0.717, 1.165) is 0 Å². The maximum absolute atomic E-state index is 12.0. The Hall–Kier alpha value is -3.62. The molecule has 1 aliphatic heterocycles. The van der Waals surface area contributed by atoms with Gasteiger partial charge < -0.3 is 25.0 Å². The third kappa shape index (κ3) is 4.13. The molecule has 0 atom stereocenters. The first kappa shape index (κ1) is 18.7. The maximum atomic E-state index is 12.0. The number of hydrogen-bond acceptors (Lipinski definition) is 7. The normalized spacial score (nSPS) is 15.6. The number of H-pyrrole nitrogens is 1. The van der Waals surface area contributed by atoms with Crippen LogP contribution in [0.2, 0.25) is 0 Å². The number of likely N-dealkylation sites (N-methyl/N-ethyl adjacent to an activating group) is 1. The Labute approximate surface area is 167 Å². The van der Waals surface area contributed by atoms with Gasteiger partial charge in [0.15, 0.2) is 5.88 Å². The number of hydrogen-bond donors (Lipinski definition) is 3. The van der Waals surface area contributed by atoms with Crippen LogP contribution in [0.15, 0.2) is 35.6 Å². The Bertz CT molecular complexity index is 1060. The number of anilines is 1. The first-order valence-corrected chi connectivity index (χ1v) is 9.42. The number of aromatic nitrogens is 3. The molecule has 1 aliphatic rings. The average molecular weight is 394 g/mol. The van der Waals surface area contributed by atoms with Gasteiger partial charge in [0.2, 0.25) is 5.91 Å². The van der Waals surface area contributed by atoms with Crippen LogP contribution >= 0.6 is 0 Å². The lowest BCUT2D eigenvalue weighted by Crippen LogP contribution is -2.33. The number of amides is 1. The van der Waals surface area contributed by atoms with E-state index in [1.807, 2.05) is 36.2 Å². The molecule has 2 bridgehead atoms. The Morgan fingerprint density at radius 1 is 1.28 bits per heavy atom. The highest BCUT2D eigenvalue weighted by Gasteiger charge is 2.18. The van der Waals surface area contributed by atoms with E-state index in [1.54, 1.807) is 6.21 Å². The first-order chi connectivity index (χ1) is 14.1. The Kier molecular flexibility index (Phi) is 5.28. The van der Waals surface area contributed by atoms with Gasteiger partial charge in [-0.15, -0.1) is 0 Å². The number of carbonyl (C=O) groups is 1. The number of aromatic hydroxyl groups is 1. The van der Waals surface area contributed by atoms with E-state index < -0.39 is 0 Å². The minimum Gasteiger partial charge on any atom is -0.494 e. The fraction of sp³-hybridized carbons (Fsp3) is 0.300. The predicted octanol–water partition coefficient (Wildman–Crippen LogP) is 2.14. The number of benzene rings is 1. The van der Waals surface area contributed by atoms with Gasteiger partial charge in [0.1, 0.15) is 23.5 Å². The summed E-state index contributed by atoms with van der Waals surface area (Å²) in [5.74, 6) is 1.27. The quantitative estimate of drug-likeness (QED) is 0.538. The summed E-state index contributed by atoms with van der Waals surface area (Å²) >= 11 is 0. The number of aliphatic imine (C=N–C) groups is 1. The highest BCUT2D eigenvalue weighted by molar-refractivity contribution is 6.06. The van der Waals surface area contributed by atoms with E-state index in [9.17, 15) is 9.90 Å². The second-order valence-corrected chi connectivity index (χ2v) is 6.79. The Morgan fingerprint density at radius 2 is 2.17 bits per heavy atom. The molecule has 2 aromatic heterocycles. The van der Waals surface area contributed by atoms with E-state index in [4.69, 9.17) is 4.74 Å². The molecule has 0 aliphatic carbocycles. The summed E-state index contributed by atoms with van der Waals surface area (Å²) in [6.45, 7) is 1.47. The molecular formula is C20H22N6O3. The zero-order valence-electron chi connectivity index (χ0n) is 16.1. The number of nitrogens with one attached hydrogen (secondary N) is 2. The van der Waals surface area contributed by atoms with E-state index in [2.05, 4.69) is 25.3 Å². The smallest absolute Gasteiger partial charge is 0.220 e. The van der Waals surface area contributed by atoms with Gasteiger partial charge in [-0.05, 0) is 18.6 Å². The van der Waals surface area contributed by atoms with Gasteiger partial charge in [-0.25, -0.2) is 9.97 Å². The Balaban J connectivity index is 1.76.